The Morgan fingerprint density at radius 1 is 1.26 bits per heavy atom. The molecule has 7 heteroatoms. The van der Waals surface area contributed by atoms with Gasteiger partial charge in [-0.05, 0) is 40.9 Å². The molecule has 2 N–H and O–H groups in total. The van der Waals surface area contributed by atoms with Crippen LogP contribution >= 0.6 is 27.3 Å². The molecule has 1 aromatic carbocycles. The van der Waals surface area contributed by atoms with Gasteiger partial charge in [-0.25, -0.2) is 9.78 Å². The zero-order valence-electron chi connectivity index (χ0n) is 14.5. The number of hydrogen-bond acceptors (Lipinski definition) is 4. The quantitative estimate of drug-likeness (QED) is 0.515. The van der Waals surface area contributed by atoms with Crippen molar-refractivity contribution in [1.82, 2.24) is 4.98 Å². The lowest BCUT2D eigenvalue weighted by Gasteiger charge is -2.07. The molecule has 0 saturated carbocycles. The van der Waals surface area contributed by atoms with Crippen LogP contribution in [0.3, 0.4) is 0 Å². The van der Waals surface area contributed by atoms with Crippen LogP contribution in [0.2, 0.25) is 0 Å². The van der Waals surface area contributed by atoms with Crippen molar-refractivity contribution in [1.29, 1.82) is 0 Å². The molecule has 2 aromatic heterocycles. The van der Waals surface area contributed by atoms with Crippen LogP contribution in [-0.4, -0.2) is 22.0 Å². The van der Waals surface area contributed by atoms with Gasteiger partial charge in [0, 0.05) is 29.1 Å². The van der Waals surface area contributed by atoms with Crippen molar-refractivity contribution < 1.29 is 14.7 Å². The first kappa shape index (κ1) is 19.3. The lowest BCUT2D eigenvalue weighted by molar-refractivity contribution is -0.116. The number of nitrogens with one attached hydrogen (secondary N) is 1. The van der Waals surface area contributed by atoms with E-state index >= 15 is 0 Å². The smallest absolute Gasteiger partial charge is 0.339 e. The number of rotatable bonds is 6. The van der Waals surface area contributed by atoms with E-state index in [9.17, 15) is 14.7 Å². The minimum Gasteiger partial charge on any atom is -0.478 e. The molecule has 0 unspecified atom stereocenters. The second kappa shape index (κ2) is 8.45. The SMILES string of the molecule is Cc1cccc(CCC(=O)Nc2scc(-c3ccc(Br)nc3)c2C(=O)O)c1. The van der Waals surface area contributed by atoms with Crippen LogP contribution in [0.15, 0.2) is 52.6 Å². The Bertz CT molecular complexity index is 983. The number of hydrogen-bond donors (Lipinski definition) is 2. The minimum atomic E-state index is -1.08. The third-order valence-corrected chi connectivity index (χ3v) is 5.38. The average molecular weight is 445 g/mol. The van der Waals surface area contributed by atoms with E-state index in [1.165, 1.54) is 11.3 Å². The summed E-state index contributed by atoms with van der Waals surface area (Å²) < 4.78 is 0.669. The number of carbonyl (C=O) groups is 2. The molecule has 0 fully saturated rings. The summed E-state index contributed by atoms with van der Waals surface area (Å²) in [5.74, 6) is -1.29. The summed E-state index contributed by atoms with van der Waals surface area (Å²) in [6.07, 6.45) is 2.49. The van der Waals surface area contributed by atoms with Crippen molar-refractivity contribution in [3.05, 3.63) is 69.3 Å². The Morgan fingerprint density at radius 3 is 2.74 bits per heavy atom. The Labute approximate surface area is 169 Å². The maximum Gasteiger partial charge on any atom is 0.339 e. The first-order valence-corrected chi connectivity index (χ1v) is 9.93. The number of halogens is 1. The highest BCUT2D eigenvalue weighted by molar-refractivity contribution is 9.10. The van der Waals surface area contributed by atoms with E-state index in [4.69, 9.17) is 0 Å². The molecule has 138 valence electrons. The molecule has 0 bridgehead atoms. The third kappa shape index (κ3) is 4.81. The van der Waals surface area contributed by atoms with Crippen LogP contribution in [0.25, 0.3) is 11.1 Å². The van der Waals surface area contributed by atoms with Gasteiger partial charge in [-0.1, -0.05) is 35.9 Å². The normalized spacial score (nSPS) is 10.6. The lowest BCUT2D eigenvalue weighted by Crippen LogP contribution is -2.14. The molecular weight excluding hydrogens is 428 g/mol. The number of carboxylic acids is 1. The summed E-state index contributed by atoms with van der Waals surface area (Å²) in [6, 6.07) is 11.5. The molecule has 3 rings (SSSR count). The Balaban J connectivity index is 1.75. The van der Waals surface area contributed by atoms with Gasteiger partial charge in [-0.3, -0.25) is 4.79 Å². The van der Waals surface area contributed by atoms with Gasteiger partial charge < -0.3 is 10.4 Å². The largest absolute Gasteiger partial charge is 0.478 e. The van der Waals surface area contributed by atoms with Crippen LogP contribution in [0.4, 0.5) is 5.00 Å². The number of aromatic nitrogens is 1. The number of thiophene rings is 1. The molecule has 2 heterocycles. The van der Waals surface area contributed by atoms with Crippen LogP contribution in [0, 0.1) is 6.92 Å². The van der Waals surface area contributed by atoms with Gasteiger partial charge in [-0.2, -0.15) is 0 Å². The number of carboxylic acid groups (broad SMARTS) is 1. The van der Waals surface area contributed by atoms with Gasteiger partial charge in [0.05, 0.1) is 0 Å². The Hall–Kier alpha value is -2.51. The van der Waals surface area contributed by atoms with Crippen LogP contribution < -0.4 is 5.32 Å². The van der Waals surface area contributed by atoms with Crippen molar-refractivity contribution in [3.8, 4) is 11.1 Å². The number of aromatic carboxylic acids is 1. The van der Waals surface area contributed by atoms with E-state index in [1.807, 2.05) is 31.2 Å². The fourth-order valence-corrected chi connectivity index (χ4v) is 3.94. The summed E-state index contributed by atoms with van der Waals surface area (Å²) in [7, 11) is 0. The summed E-state index contributed by atoms with van der Waals surface area (Å²) in [5.41, 5.74) is 3.55. The highest BCUT2D eigenvalue weighted by Crippen LogP contribution is 2.35. The minimum absolute atomic E-state index is 0.0908. The maximum atomic E-state index is 12.3. The zero-order chi connectivity index (χ0) is 19.4. The molecule has 5 nitrogen and oxygen atoms in total. The standard InChI is InChI=1S/C20H17BrN2O3S/c1-12-3-2-4-13(9-12)5-8-17(24)23-19-18(20(25)26)15(11-27-19)14-6-7-16(21)22-10-14/h2-4,6-7,9-11H,5,8H2,1H3,(H,23,24)(H,25,26). The molecule has 0 aliphatic heterocycles. The second-order valence-electron chi connectivity index (χ2n) is 6.07. The van der Waals surface area contributed by atoms with E-state index in [0.717, 1.165) is 11.1 Å². The number of benzene rings is 1. The Morgan fingerprint density at radius 2 is 2.07 bits per heavy atom. The van der Waals surface area contributed by atoms with Crippen molar-refractivity contribution in [2.75, 3.05) is 5.32 Å². The molecule has 0 aliphatic carbocycles. The fraction of sp³-hybridized carbons (Fsp3) is 0.150. The first-order valence-electron chi connectivity index (χ1n) is 8.26. The van der Waals surface area contributed by atoms with Crippen LogP contribution in [0.5, 0.6) is 0 Å². The summed E-state index contributed by atoms with van der Waals surface area (Å²) >= 11 is 4.47. The monoisotopic (exact) mass is 444 g/mol. The average Bonchev–Trinajstić information content (AvgIpc) is 3.04. The second-order valence-corrected chi connectivity index (χ2v) is 7.76. The van der Waals surface area contributed by atoms with Gasteiger partial charge in [-0.15, -0.1) is 11.3 Å². The molecule has 27 heavy (non-hydrogen) atoms. The third-order valence-electron chi connectivity index (χ3n) is 4.02. The summed E-state index contributed by atoms with van der Waals surface area (Å²) in [4.78, 5) is 28.2. The topological polar surface area (TPSA) is 79.3 Å². The number of aryl methyl sites for hydroxylation is 2. The van der Waals surface area contributed by atoms with Gasteiger partial charge in [0.25, 0.3) is 0 Å². The number of amides is 1. The van der Waals surface area contributed by atoms with E-state index in [0.29, 0.717) is 27.2 Å². The number of pyridine rings is 1. The first-order chi connectivity index (χ1) is 12.9. The number of carbonyl (C=O) groups excluding carboxylic acids is 1. The van der Waals surface area contributed by atoms with Crippen molar-refractivity contribution in [3.63, 3.8) is 0 Å². The zero-order valence-corrected chi connectivity index (χ0v) is 16.9. The Kier molecular flexibility index (Phi) is 6.03. The van der Waals surface area contributed by atoms with Gasteiger partial charge in [0.2, 0.25) is 5.91 Å². The van der Waals surface area contributed by atoms with Crippen molar-refractivity contribution >= 4 is 44.1 Å². The molecule has 0 spiro atoms. The van der Waals surface area contributed by atoms with E-state index < -0.39 is 5.97 Å². The summed E-state index contributed by atoms with van der Waals surface area (Å²) in [5, 5.41) is 14.4. The number of nitrogens with zero attached hydrogens (tertiary/aromatic N) is 1. The highest BCUT2D eigenvalue weighted by Gasteiger charge is 2.21. The van der Waals surface area contributed by atoms with Crippen LogP contribution in [-0.2, 0) is 11.2 Å². The van der Waals surface area contributed by atoms with Crippen molar-refractivity contribution in [2.24, 2.45) is 0 Å². The van der Waals surface area contributed by atoms with Gasteiger partial charge in [0.15, 0.2) is 0 Å². The van der Waals surface area contributed by atoms with E-state index in [2.05, 4.69) is 26.2 Å². The molecule has 0 aliphatic rings. The lowest BCUT2D eigenvalue weighted by atomic mass is 10.1. The predicted octanol–water partition coefficient (Wildman–Crippen LogP) is 5.15. The highest BCUT2D eigenvalue weighted by atomic mass is 79.9. The van der Waals surface area contributed by atoms with Gasteiger partial charge in [0.1, 0.15) is 15.2 Å². The van der Waals surface area contributed by atoms with E-state index in [1.54, 1.807) is 23.7 Å². The maximum absolute atomic E-state index is 12.3. The number of anilines is 1. The molecule has 0 saturated heterocycles. The van der Waals surface area contributed by atoms with Gasteiger partial charge >= 0.3 is 5.97 Å². The molecule has 3 aromatic rings. The summed E-state index contributed by atoms with van der Waals surface area (Å²) in [6.45, 7) is 2.01. The molecule has 1 amide bonds. The fourth-order valence-electron chi connectivity index (χ4n) is 2.72. The predicted molar refractivity (Wildman–Crippen MR) is 110 cm³/mol. The molecule has 0 radical (unpaired) electrons. The molecular formula is C20H17BrN2O3S. The van der Waals surface area contributed by atoms with Crippen LogP contribution in [0.1, 0.15) is 27.9 Å². The molecule has 0 atom stereocenters. The van der Waals surface area contributed by atoms with E-state index in [-0.39, 0.29) is 17.9 Å². The van der Waals surface area contributed by atoms with Crippen molar-refractivity contribution in [2.45, 2.75) is 19.8 Å².